The Balaban J connectivity index is 2.69. The summed E-state index contributed by atoms with van der Waals surface area (Å²) in [4.78, 5) is 0. The quantitative estimate of drug-likeness (QED) is 0.254. The van der Waals surface area contributed by atoms with Crippen LogP contribution < -0.4 is 11.1 Å². The predicted molar refractivity (Wildman–Crippen MR) is 59.8 cm³/mol. The van der Waals surface area contributed by atoms with E-state index in [-0.39, 0.29) is 0 Å². The van der Waals surface area contributed by atoms with Crippen molar-refractivity contribution in [2.45, 2.75) is 43.5 Å². The highest BCUT2D eigenvalue weighted by Gasteiger charge is 2.46. The fourth-order valence-corrected chi connectivity index (χ4v) is 2.04. The van der Waals surface area contributed by atoms with Gasteiger partial charge in [0.05, 0.1) is 6.10 Å². The molecule has 0 saturated carbocycles. The Morgan fingerprint density at radius 1 is 1.24 bits per heavy atom. The molecule has 0 spiro atoms. The molecule has 1 heterocycles. The van der Waals surface area contributed by atoms with Crippen molar-refractivity contribution < 1.29 is 25.5 Å². The number of rotatable bonds is 5. The molecule has 0 aromatic carbocycles. The lowest BCUT2D eigenvalue weighted by molar-refractivity contribution is -0.181. The molecule has 1 saturated heterocycles. The zero-order chi connectivity index (χ0) is 13.2. The monoisotopic (exact) mass is 250 g/mol. The second kappa shape index (κ2) is 5.57. The van der Waals surface area contributed by atoms with Gasteiger partial charge in [-0.1, -0.05) is 0 Å². The van der Waals surface area contributed by atoms with Crippen LogP contribution in [0.15, 0.2) is 0 Å². The molecule has 102 valence electrons. The maximum atomic E-state index is 10.0. The molecule has 1 aliphatic heterocycles. The first-order chi connectivity index (χ1) is 7.78. The van der Waals surface area contributed by atoms with Gasteiger partial charge in [0, 0.05) is 12.5 Å². The van der Waals surface area contributed by atoms with Gasteiger partial charge in [-0.05, 0) is 19.9 Å². The predicted octanol–water partition coefficient (Wildman–Crippen LogP) is -3.29. The van der Waals surface area contributed by atoms with Crippen LogP contribution in [0, 0.1) is 5.92 Å². The van der Waals surface area contributed by atoms with Gasteiger partial charge < -0.3 is 36.6 Å². The Morgan fingerprint density at radius 3 is 2.24 bits per heavy atom. The van der Waals surface area contributed by atoms with E-state index in [1.165, 1.54) is 6.92 Å². The molecular weight excluding hydrogens is 228 g/mol. The molecule has 0 aliphatic carbocycles. The van der Waals surface area contributed by atoms with E-state index in [9.17, 15) is 20.4 Å². The Labute approximate surface area is 99.9 Å². The Bertz CT molecular complexity index is 243. The van der Waals surface area contributed by atoms with Gasteiger partial charge in [0.25, 0.3) is 0 Å². The highest BCUT2D eigenvalue weighted by molar-refractivity contribution is 4.97. The summed E-state index contributed by atoms with van der Waals surface area (Å²) >= 11 is 0. The van der Waals surface area contributed by atoms with E-state index < -0.39 is 36.1 Å². The lowest BCUT2D eigenvalue weighted by Crippen LogP contribution is -2.63. The van der Waals surface area contributed by atoms with Gasteiger partial charge in [-0.2, -0.15) is 0 Å². The van der Waals surface area contributed by atoms with E-state index in [1.807, 2.05) is 0 Å². The molecule has 0 bridgehead atoms. The molecule has 7 nitrogen and oxygen atoms in total. The van der Waals surface area contributed by atoms with Crippen molar-refractivity contribution in [1.82, 2.24) is 5.32 Å². The van der Waals surface area contributed by atoms with Crippen molar-refractivity contribution in [2.24, 2.45) is 11.7 Å². The number of nitrogens with one attached hydrogen (secondary N) is 1. The number of aliphatic hydroxyl groups excluding tert-OH is 4. The van der Waals surface area contributed by atoms with Crippen LogP contribution in [-0.2, 0) is 0 Å². The van der Waals surface area contributed by atoms with E-state index in [2.05, 4.69) is 5.32 Å². The van der Waals surface area contributed by atoms with Gasteiger partial charge in [-0.3, -0.25) is 0 Å². The average Bonchev–Trinajstić information content (AvgIpc) is 2.79. The van der Waals surface area contributed by atoms with Gasteiger partial charge in [-0.25, -0.2) is 0 Å². The number of hydrogen-bond donors (Lipinski definition) is 7. The molecule has 6 atom stereocenters. The minimum atomic E-state index is -2.00. The van der Waals surface area contributed by atoms with Gasteiger partial charge in [0.2, 0.25) is 0 Å². The van der Waals surface area contributed by atoms with Crippen LogP contribution in [0.2, 0.25) is 0 Å². The Hall–Kier alpha value is -0.280. The molecule has 17 heavy (non-hydrogen) atoms. The topological polar surface area (TPSA) is 139 Å². The van der Waals surface area contributed by atoms with Crippen LogP contribution in [0.4, 0.5) is 0 Å². The lowest BCUT2D eigenvalue weighted by Gasteiger charge is -2.38. The third kappa shape index (κ3) is 3.14. The standard InChI is InChI=1S/C10H22N2O5/c1-5(13)7(14)8(15)9(16)10(11,17)6-2-3-12-4-6/h5-9,12-17H,2-4,11H2,1H3/t5?,6-,7?,8?,9?,10?/m0/s1. The van der Waals surface area contributed by atoms with Crippen molar-refractivity contribution in [3.8, 4) is 0 Å². The third-order valence-electron chi connectivity index (χ3n) is 3.36. The van der Waals surface area contributed by atoms with Crippen molar-refractivity contribution in [3.63, 3.8) is 0 Å². The van der Waals surface area contributed by atoms with Crippen LogP contribution in [0.25, 0.3) is 0 Å². The highest BCUT2D eigenvalue weighted by atomic mass is 16.4. The molecular formula is C10H22N2O5. The van der Waals surface area contributed by atoms with Crippen molar-refractivity contribution in [3.05, 3.63) is 0 Å². The highest BCUT2D eigenvalue weighted by Crippen LogP contribution is 2.25. The third-order valence-corrected chi connectivity index (χ3v) is 3.36. The van der Waals surface area contributed by atoms with Crippen LogP contribution in [0.3, 0.4) is 0 Å². The molecule has 0 aromatic heterocycles. The summed E-state index contributed by atoms with van der Waals surface area (Å²) in [6.07, 6.45) is -5.64. The zero-order valence-electron chi connectivity index (χ0n) is 9.82. The minimum Gasteiger partial charge on any atom is -0.391 e. The second-order valence-electron chi connectivity index (χ2n) is 4.74. The summed E-state index contributed by atoms with van der Waals surface area (Å²) < 4.78 is 0. The molecule has 5 unspecified atom stereocenters. The summed E-state index contributed by atoms with van der Waals surface area (Å²) in [6, 6.07) is 0. The van der Waals surface area contributed by atoms with Gasteiger partial charge in [-0.15, -0.1) is 0 Å². The molecule has 0 amide bonds. The van der Waals surface area contributed by atoms with Crippen LogP contribution in [-0.4, -0.2) is 68.8 Å². The minimum absolute atomic E-state index is 0.409. The summed E-state index contributed by atoms with van der Waals surface area (Å²) in [5.41, 5.74) is 3.62. The van der Waals surface area contributed by atoms with Crippen molar-refractivity contribution >= 4 is 0 Å². The second-order valence-corrected chi connectivity index (χ2v) is 4.74. The van der Waals surface area contributed by atoms with Crippen LogP contribution in [0.1, 0.15) is 13.3 Å². The van der Waals surface area contributed by atoms with E-state index >= 15 is 0 Å². The average molecular weight is 250 g/mol. The molecule has 1 rings (SSSR count). The maximum absolute atomic E-state index is 10.0. The summed E-state index contributed by atoms with van der Waals surface area (Å²) in [7, 11) is 0. The van der Waals surface area contributed by atoms with Crippen molar-refractivity contribution in [1.29, 1.82) is 0 Å². The number of aliphatic hydroxyl groups is 5. The first-order valence-electron chi connectivity index (χ1n) is 5.72. The normalized spacial score (nSPS) is 31.6. The Kier molecular flexibility index (Phi) is 4.85. The van der Waals surface area contributed by atoms with Gasteiger partial charge in [0.1, 0.15) is 24.0 Å². The number of hydrogen-bond acceptors (Lipinski definition) is 7. The van der Waals surface area contributed by atoms with E-state index in [0.717, 1.165) is 0 Å². The fourth-order valence-electron chi connectivity index (χ4n) is 2.04. The molecule has 0 radical (unpaired) electrons. The summed E-state index contributed by atoms with van der Waals surface area (Å²) in [6.45, 7) is 2.38. The lowest BCUT2D eigenvalue weighted by atomic mass is 9.86. The zero-order valence-corrected chi connectivity index (χ0v) is 9.82. The van der Waals surface area contributed by atoms with E-state index in [0.29, 0.717) is 19.5 Å². The van der Waals surface area contributed by atoms with E-state index in [1.54, 1.807) is 0 Å². The van der Waals surface area contributed by atoms with Crippen LogP contribution >= 0.6 is 0 Å². The molecule has 1 aliphatic rings. The van der Waals surface area contributed by atoms with Gasteiger partial charge >= 0.3 is 0 Å². The Morgan fingerprint density at radius 2 is 1.82 bits per heavy atom. The molecule has 1 fully saturated rings. The largest absolute Gasteiger partial charge is 0.391 e. The molecule has 7 heteroatoms. The SMILES string of the molecule is CC(O)C(O)C(O)C(O)C(N)(O)[C@H]1CCNC1. The fraction of sp³-hybridized carbons (Fsp3) is 1.00. The van der Waals surface area contributed by atoms with Crippen LogP contribution in [0.5, 0.6) is 0 Å². The summed E-state index contributed by atoms with van der Waals surface area (Å²) in [5.74, 6) is -0.409. The maximum Gasteiger partial charge on any atom is 0.146 e. The number of nitrogens with two attached hydrogens (primary N) is 1. The molecule has 0 aromatic rings. The first kappa shape index (κ1) is 14.8. The van der Waals surface area contributed by atoms with Crippen molar-refractivity contribution in [2.75, 3.05) is 13.1 Å². The first-order valence-corrected chi connectivity index (χ1v) is 5.72. The molecule has 8 N–H and O–H groups in total. The smallest absolute Gasteiger partial charge is 0.146 e. The summed E-state index contributed by atoms with van der Waals surface area (Å²) in [5, 5.41) is 51.0. The van der Waals surface area contributed by atoms with E-state index in [4.69, 9.17) is 10.8 Å². The van der Waals surface area contributed by atoms with Gasteiger partial charge in [0.15, 0.2) is 0 Å².